The highest BCUT2D eigenvalue weighted by Gasteiger charge is 2.47. The number of hydrogen-bond acceptors (Lipinski definition) is 3. The molecule has 1 unspecified atom stereocenters. The molecule has 3 nitrogen and oxygen atoms in total. The van der Waals surface area contributed by atoms with Gasteiger partial charge in [-0.05, 0) is 49.3 Å². The number of benzene rings is 1. The van der Waals surface area contributed by atoms with E-state index in [1.165, 1.54) is 12.1 Å². The van der Waals surface area contributed by atoms with E-state index in [9.17, 15) is 18.4 Å². The molecular weight excluding hydrogens is 302 g/mol. The Kier molecular flexibility index (Phi) is 4.46. The molecule has 2 fully saturated rings. The van der Waals surface area contributed by atoms with Crippen LogP contribution in [0.5, 0.6) is 0 Å². The van der Waals surface area contributed by atoms with Gasteiger partial charge in [-0.3, -0.25) is 9.59 Å². The molecule has 2 aliphatic rings. The predicted octanol–water partition coefficient (Wildman–Crippen LogP) is 3.73. The fourth-order valence-electron chi connectivity index (χ4n) is 3.93. The van der Waals surface area contributed by atoms with E-state index in [2.05, 4.69) is 0 Å². The van der Waals surface area contributed by atoms with Crippen molar-refractivity contribution in [1.82, 2.24) is 0 Å². The van der Waals surface area contributed by atoms with Gasteiger partial charge >= 0.3 is 5.97 Å². The van der Waals surface area contributed by atoms with Crippen molar-refractivity contribution in [3.05, 3.63) is 35.4 Å². The number of hydrogen-bond donors (Lipinski definition) is 0. The lowest BCUT2D eigenvalue weighted by atomic mass is 9.76. The molecule has 0 radical (unpaired) electrons. The first-order valence-corrected chi connectivity index (χ1v) is 8.16. The first-order valence-electron chi connectivity index (χ1n) is 8.16. The Labute approximate surface area is 134 Å². The van der Waals surface area contributed by atoms with Crippen LogP contribution in [0.1, 0.15) is 50.5 Å². The topological polar surface area (TPSA) is 43.4 Å². The lowest BCUT2D eigenvalue weighted by Gasteiger charge is -2.41. The van der Waals surface area contributed by atoms with Gasteiger partial charge in [-0.2, -0.15) is 0 Å². The van der Waals surface area contributed by atoms with Crippen molar-refractivity contribution in [2.45, 2.75) is 57.0 Å². The Morgan fingerprint density at radius 3 is 2.52 bits per heavy atom. The van der Waals surface area contributed by atoms with Gasteiger partial charge < -0.3 is 4.74 Å². The number of halogens is 2. The van der Waals surface area contributed by atoms with Crippen molar-refractivity contribution in [2.24, 2.45) is 5.92 Å². The smallest absolute Gasteiger partial charge is 0.313 e. The zero-order valence-corrected chi connectivity index (χ0v) is 12.9. The van der Waals surface area contributed by atoms with E-state index in [4.69, 9.17) is 4.74 Å². The average Bonchev–Trinajstić information content (AvgIpc) is 3.02. The molecule has 3 rings (SSSR count). The van der Waals surface area contributed by atoms with Crippen LogP contribution in [-0.2, 0) is 20.7 Å². The maximum absolute atomic E-state index is 13.4. The van der Waals surface area contributed by atoms with Crippen LogP contribution >= 0.6 is 0 Å². The molecule has 1 aliphatic carbocycles. The van der Waals surface area contributed by atoms with Crippen molar-refractivity contribution < 1.29 is 23.1 Å². The van der Waals surface area contributed by atoms with Gasteiger partial charge in [-0.15, -0.1) is 0 Å². The van der Waals surface area contributed by atoms with Gasteiger partial charge in [0.1, 0.15) is 17.8 Å². The lowest BCUT2D eigenvalue weighted by molar-refractivity contribution is -0.178. The summed E-state index contributed by atoms with van der Waals surface area (Å²) in [6, 6.07) is 3.81. The summed E-state index contributed by atoms with van der Waals surface area (Å²) in [5.74, 6) is -2.12. The lowest BCUT2D eigenvalue weighted by Crippen LogP contribution is -2.48. The van der Waals surface area contributed by atoms with E-state index in [1.807, 2.05) is 0 Å². The molecule has 0 spiro atoms. The molecule has 0 amide bonds. The van der Waals surface area contributed by atoms with E-state index >= 15 is 0 Å². The fraction of sp³-hybridized carbons (Fsp3) is 0.556. The Bertz CT molecular complexity index is 605. The molecule has 5 heteroatoms. The van der Waals surface area contributed by atoms with E-state index in [-0.39, 0.29) is 24.5 Å². The number of ketones is 1. The van der Waals surface area contributed by atoms with Gasteiger partial charge in [0.05, 0.1) is 0 Å². The second kappa shape index (κ2) is 6.38. The Balaban J connectivity index is 1.79. The first kappa shape index (κ1) is 16.1. The van der Waals surface area contributed by atoms with E-state index < -0.39 is 23.2 Å². The number of ether oxygens (including phenoxy) is 1. The van der Waals surface area contributed by atoms with Crippen molar-refractivity contribution >= 4 is 11.8 Å². The highest BCUT2D eigenvalue weighted by molar-refractivity contribution is 5.98. The number of Topliss-reactive ketones (excluding diaryl/α,β-unsaturated/α-hetero) is 1. The second-order valence-electron chi connectivity index (χ2n) is 6.66. The summed E-state index contributed by atoms with van der Waals surface area (Å²) in [4.78, 5) is 23.7. The first-order chi connectivity index (χ1) is 11.0. The molecule has 0 N–H and O–H groups in total. The molecule has 1 atom stereocenters. The summed E-state index contributed by atoms with van der Waals surface area (Å²) in [7, 11) is 0. The standard InChI is InChI=1S/C18H20F2O3/c19-15-6-5-12(9-16(15)20)7-8-18(13-3-1-2-4-13)11-14(21)10-17(22)23-18/h5-6,9,13H,1-4,7-8,10-11H2. The van der Waals surface area contributed by atoms with Crippen LogP contribution in [0.3, 0.4) is 0 Å². The molecule has 1 heterocycles. The van der Waals surface area contributed by atoms with Crippen molar-refractivity contribution in [2.75, 3.05) is 0 Å². The minimum Gasteiger partial charge on any atom is -0.458 e. The van der Waals surface area contributed by atoms with E-state index in [0.29, 0.717) is 18.4 Å². The fourth-order valence-corrected chi connectivity index (χ4v) is 3.93. The predicted molar refractivity (Wildman–Crippen MR) is 79.7 cm³/mol. The monoisotopic (exact) mass is 322 g/mol. The normalized spacial score (nSPS) is 25.7. The average molecular weight is 322 g/mol. The zero-order valence-electron chi connectivity index (χ0n) is 12.9. The largest absolute Gasteiger partial charge is 0.458 e. The summed E-state index contributed by atoms with van der Waals surface area (Å²) >= 11 is 0. The maximum atomic E-state index is 13.4. The van der Waals surface area contributed by atoms with Crippen LogP contribution in [0.2, 0.25) is 0 Å². The van der Waals surface area contributed by atoms with Crippen LogP contribution in [0.15, 0.2) is 18.2 Å². The van der Waals surface area contributed by atoms with Crippen molar-refractivity contribution in [3.8, 4) is 0 Å². The third kappa shape index (κ3) is 3.43. The summed E-state index contributed by atoms with van der Waals surface area (Å²) in [6.07, 6.45) is 5.05. The van der Waals surface area contributed by atoms with Gasteiger partial charge in [-0.25, -0.2) is 8.78 Å². The molecule has 0 aromatic heterocycles. The van der Waals surface area contributed by atoms with Crippen LogP contribution in [0, 0.1) is 17.6 Å². The summed E-state index contributed by atoms with van der Waals surface area (Å²) in [5.41, 5.74) is -0.122. The number of carbonyl (C=O) groups excluding carboxylic acids is 2. The molecule has 124 valence electrons. The molecular formula is C18H20F2O3. The summed E-state index contributed by atoms with van der Waals surface area (Å²) in [6.45, 7) is 0. The second-order valence-corrected chi connectivity index (χ2v) is 6.66. The summed E-state index contributed by atoms with van der Waals surface area (Å²) in [5, 5.41) is 0. The third-order valence-electron chi connectivity index (χ3n) is 5.08. The Morgan fingerprint density at radius 2 is 1.87 bits per heavy atom. The molecule has 23 heavy (non-hydrogen) atoms. The quantitative estimate of drug-likeness (QED) is 0.626. The molecule has 1 aromatic carbocycles. The molecule has 1 aliphatic heterocycles. The number of carbonyl (C=O) groups is 2. The van der Waals surface area contributed by atoms with Crippen molar-refractivity contribution in [1.29, 1.82) is 0 Å². The highest BCUT2D eigenvalue weighted by atomic mass is 19.2. The van der Waals surface area contributed by atoms with E-state index in [0.717, 1.165) is 31.7 Å². The van der Waals surface area contributed by atoms with Crippen LogP contribution in [0.4, 0.5) is 8.78 Å². The highest BCUT2D eigenvalue weighted by Crippen LogP contribution is 2.43. The van der Waals surface area contributed by atoms with Crippen LogP contribution < -0.4 is 0 Å². The Hall–Kier alpha value is -1.78. The number of rotatable bonds is 4. The number of esters is 1. The zero-order chi connectivity index (χ0) is 16.4. The minimum atomic E-state index is -0.880. The summed E-state index contributed by atoms with van der Waals surface area (Å²) < 4.78 is 32.1. The van der Waals surface area contributed by atoms with Crippen LogP contribution in [0.25, 0.3) is 0 Å². The molecule has 0 bridgehead atoms. The maximum Gasteiger partial charge on any atom is 0.313 e. The van der Waals surface area contributed by atoms with Gasteiger partial charge in [0.2, 0.25) is 0 Å². The minimum absolute atomic E-state index is 0.0848. The van der Waals surface area contributed by atoms with Gasteiger partial charge in [0.15, 0.2) is 11.6 Å². The third-order valence-corrected chi connectivity index (χ3v) is 5.08. The van der Waals surface area contributed by atoms with Gasteiger partial charge in [-0.1, -0.05) is 18.9 Å². The Morgan fingerprint density at radius 1 is 1.13 bits per heavy atom. The van der Waals surface area contributed by atoms with Crippen LogP contribution in [-0.4, -0.2) is 17.4 Å². The van der Waals surface area contributed by atoms with Crippen molar-refractivity contribution in [3.63, 3.8) is 0 Å². The van der Waals surface area contributed by atoms with Gasteiger partial charge in [0.25, 0.3) is 0 Å². The van der Waals surface area contributed by atoms with E-state index in [1.54, 1.807) is 0 Å². The molecule has 1 aromatic rings. The molecule has 1 saturated heterocycles. The molecule has 1 saturated carbocycles. The van der Waals surface area contributed by atoms with Gasteiger partial charge in [0, 0.05) is 6.42 Å². The number of aryl methyl sites for hydroxylation is 1. The number of cyclic esters (lactones) is 1. The SMILES string of the molecule is O=C1CC(=O)OC(CCc2ccc(F)c(F)c2)(C2CCCC2)C1.